The van der Waals surface area contributed by atoms with Gasteiger partial charge >= 0.3 is 0 Å². The first-order valence-electron chi connectivity index (χ1n) is 7.31. The molecule has 1 amide bonds. The first kappa shape index (κ1) is 13.4. The van der Waals surface area contributed by atoms with Crippen LogP contribution in [0.1, 0.15) is 54.1 Å². The van der Waals surface area contributed by atoms with Gasteiger partial charge in [0.1, 0.15) is 5.69 Å². The molecule has 1 saturated carbocycles. The molecule has 2 N–H and O–H groups in total. The predicted octanol–water partition coefficient (Wildman–Crippen LogP) is 1.57. The molecule has 1 aliphatic carbocycles. The molecule has 108 valence electrons. The molecular formula is C15H21N3O2. The van der Waals surface area contributed by atoms with Crippen LogP contribution in [0.4, 0.5) is 0 Å². The Bertz CT molecular complexity index is 533. The summed E-state index contributed by atoms with van der Waals surface area (Å²) in [4.78, 5) is 28.8. The van der Waals surface area contributed by atoms with Crippen LogP contribution in [0.5, 0.6) is 0 Å². The molecule has 1 aliphatic heterocycles. The van der Waals surface area contributed by atoms with Crippen LogP contribution < -0.4 is 5.32 Å². The van der Waals surface area contributed by atoms with Gasteiger partial charge in [-0.2, -0.15) is 0 Å². The Labute approximate surface area is 118 Å². The maximum atomic E-state index is 12.2. The van der Waals surface area contributed by atoms with Crippen LogP contribution in [0.3, 0.4) is 0 Å². The summed E-state index contributed by atoms with van der Waals surface area (Å²) in [5.41, 5.74) is 0.947. The average Bonchev–Trinajstić information content (AvgIpc) is 2.98. The van der Waals surface area contributed by atoms with Crippen LogP contribution in [0.25, 0.3) is 0 Å². The molecule has 0 aromatic carbocycles. The molecule has 1 saturated heterocycles. The summed E-state index contributed by atoms with van der Waals surface area (Å²) in [5.74, 6) is -0.175. The first-order chi connectivity index (χ1) is 9.54. The van der Waals surface area contributed by atoms with Crippen molar-refractivity contribution >= 4 is 11.7 Å². The van der Waals surface area contributed by atoms with E-state index in [1.54, 1.807) is 12.1 Å². The van der Waals surface area contributed by atoms with Crippen LogP contribution in [0.2, 0.25) is 0 Å². The number of nitrogens with zero attached hydrogens (tertiary/aromatic N) is 1. The Morgan fingerprint density at radius 1 is 1.30 bits per heavy atom. The fraction of sp³-hybridized carbons (Fsp3) is 0.600. The van der Waals surface area contributed by atoms with Gasteiger partial charge in [-0.15, -0.1) is 0 Å². The van der Waals surface area contributed by atoms with E-state index in [0.717, 1.165) is 19.0 Å². The fourth-order valence-corrected chi connectivity index (χ4v) is 3.07. The lowest BCUT2D eigenvalue weighted by Gasteiger charge is -2.19. The number of Topliss-reactive ketones (excluding diaryl/α,β-unsaturated/α-hetero) is 1. The van der Waals surface area contributed by atoms with Gasteiger partial charge in [-0.3, -0.25) is 14.5 Å². The van der Waals surface area contributed by atoms with Gasteiger partial charge in [-0.05, 0) is 38.3 Å². The van der Waals surface area contributed by atoms with Crippen molar-refractivity contribution in [2.24, 2.45) is 0 Å². The maximum absolute atomic E-state index is 12.2. The zero-order chi connectivity index (χ0) is 14.3. The summed E-state index contributed by atoms with van der Waals surface area (Å²) in [6.07, 6.45) is 3.59. The van der Waals surface area contributed by atoms with Crippen LogP contribution >= 0.6 is 0 Å². The van der Waals surface area contributed by atoms with E-state index in [0.29, 0.717) is 17.4 Å². The Balaban J connectivity index is 1.59. The van der Waals surface area contributed by atoms with Crippen molar-refractivity contribution in [2.75, 3.05) is 6.54 Å². The van der Waals surface area contributed by atoms with Crippen molar-refractivity contribution < 1.29 is 9.59 Å². The van der Waals surface area contributed by atoms with Crippen molar-refractivity contribution in [1.82, 2.24) is 15.2 Å². The van der Waals surface area contributed by atoms with Crippen molar-refractivity contribution in [3.05, 3.63) is 23.5 Å². The molecule has 0 radical (unpaired) electrons. The van der Waals surface area contributed by atoms with Gasteiger partial charge in [0.2, 0.25) is 0 Å². The zero-order valence-corrected chi connectivity index (χ0v) is 12.0. The highest BCUT2D eigenvalue weighted by Crippen LogP contribution is 2.33. The molecule has 2 aliphatic rings. The van der Waals surface area contributed by atoms with Gasteiger partial charge in [0.15, 0.2) is 5.78 Å². The van der Waals surface area contributed by atoms with Gasteiger partial charge in [0, 0.05) is 31.6 Å². The summed E-state index contributed by atoms with van der Waals surface area (Å²) in [5, 5.41) is 3.07. The largest absolute Gasteiger partial charge is 0.348 e. The number of nitrogens with one attached hydrogen (secondary N) is 2. The minimum atomic E-state index is -0.118. The number of hydrogen-bond acceptors (Lipinski definition) is 3. The minimum absolute atomic E-state index is 0.0570. The standard InChI is InChI=1S/C15H21N3O2/c1-9-7-11(8-18(9)12-3-4-12)16-15(20)14-6-5-13(17-14)10(2)19/h5-6,9,11-12,17H,3-4,7-8H2,1-2H3,(H,16,20). The Morgan fingerprint density at radius 2 is 2.00 bits per heavy atom. The molecule has 0 bridgehead atoms. The van der Waals surface area contributed by atoms with Gasteiger partial charge in [-0.1, -0.05) is 0 Å². The molecule has 5 heteroatoms. The lowest BCUT2D eigenvalue weighted by molar-refractivity contribution is 0.0933. The number of aromatic nitrogens is 1. The molecule has 2 unspecified atom stereocenters. The highest BCUT2D eigenvalue weighted by molar-refractivity contribution is 5.97. The third kappa shape index (κ3) is 2.63. The number of carbonyl (C=O) groups excluding carboxylic acids is 2. The summed E-state index contributed by atoms with van der Waals surface area (Å²) >= 11 is 0. The summed E-state index contributed by atoms with van der Waals surface area (Å²) in [7, 11) is 0. The fourth-order valence-electron chi connectivity index (χ4n) is 3.07. The van der Waals surface area contributed by atoms with Crippen LogP contribution in [-0.2, 0) is 0 Å². The number of amides is 1. The van der Waals surface area contributed by atoms with E-state index in [1.807, 2.05) is 0 Å². The second kappa shape index (κ2) is 5.05. The van der Waals surface area contributed by atoms with Gasteiger partial charge in [-0.25, -0.2) is 0 Å². The SMILES string of the molecule is CC(=O)c1ccc(C(=O)NC2CC(C)N(C3CC3)C2)[nH]1. The van der Waals surface area contributed by atoms with E-state index in [9.17, 15) is 9.59 Å². The number of H-pyrrole nitrogens is 1. The quantitative estimate of drug-likeness (QED) is 0.820. The number of ketones is 1. The molecule has 0 spiro atoms. The lowest BCUT2D eigenvalue weighted by atomic mass is 10.2. The molecule has 1 aromatic rings. The first-order valence-corrected chi connectivity index (χ1v) is 7.31. The van der Waals surface area contributed by atoms with Crippen molar-refractivity contribution in [3.8, 4) is 0 Å². The second-order valence-corrected chi connectivity index (χ2v) is 6.02. The zero-order valence-electron chi connectivity index (χ0n) is 12.0. The second-order valence-electron chi connectivity index (χ2n) is 6.02. The number of likely N-dealkylation sites (tertiary alicyclic amines) is 1. The number of carbonyl (C=O) groups is 2. The average molecular weight is 275 g/mol. The number of aromatic amines is 1. The Hall–Kier alpha value is -1.62. The highest BCUT2D eigenvalue weighted by Gasteiger charge is 2.39. The van der Waals surface area contributed by atoms with E-state index in [4.69, 9.17) is 0 Å². The molecule has 2 fully saturated rings. The number of hydrogen-bond donors (Lipinski definition) is 2. The van der Waals surface area contributed by atoms with E-state index in [-0.39, 0.29) is 17.7 Å². The topological polar surface area (TPSA) is 65.2 Å². The minimum Gasteiger partial charge on any atom is -0.348 e. The predicted molar refractivity (Wildman–Crippen MR) is 75.9 cm³/mol. The van der Waals surface area contributed by atoms with E-state index >= 15 is 0 Å². The summed E-state index contributed by atoms with van der Waals surface area (Å²) in [6, 6.07) is 4.82. The molecule has 1 aromatic heterocycles. The molecule has 2 heterocycles. The van der Waals surface area contributed by atoms with Gasteiger partial charge in [0.25, 0.3) is 5.91 Å². The third-order valence-corrected chi connectivity index (χ3v) is 4.28. The van der Waals surface area contributed by atoms with Gasteiger partial charge < -0.3 is 10.3 Å². The molecular weight excluding hydrogens is 254 g/mol. The van der Waals surface area contributed by atoms with Crippen molar-refractivity contribution in [1.29, 1.82) is 0 Å². The Morgan fingerprint density at radius 3 is 2.60 bits per heavy atom. The summed E-state index contributed by atoms with van der Waals surface area (Å²) in [6.45, 7) is 4.66. The lowest BCUT2D eigenvalue weighted by Crippen LogP contribution is -2.37. The van der Waals surface area contributed by atoms with E-state index < -0.39 is 0 Å². The molecule has 20 heavy (non-hydrogen) atoms. The van der Waals surface area contributed by atoms with E-state index in [1.165, 1.54) is 19.8 Å². The smallest absolute Gasteiger partial charge is 0.267 e. The van der Waals surface area contributed by atoms with Crippen molar-refractivity contribution in [2.45, 2.75) is 51.2 Å². The Kier molecular flexibility index (Phi) is 3.38. The molecule has 5 nitrogen and oxygen atoms in total. The maximum Gasteiger partial charge on any atom is 0.267 e. The number of rotatable bonds is 4. The highest BCUT2D eigenvalue weighted by atomic mass is 16.2. The molecule has 2 atom stereocenters. The van der Waals surface area contributed by atoms with Crippen molar-refractivity contribution in [3.63, 3.8) is 0 Å². The van der Waals surface area contributed by atoms with Gasteiger partial charge in [0.05, 0.1) is 5.69 Å². The van der Waals surface area contributed by atoms with Crippen LogP contribution in [-0.4, -0.2) is 46.2 Å². The van der Waals surface area contributed by atoms with Crippen LogP contribution in [0.15, 0.2) is 12.1 Å². The van der Waals surface area contributed by atoms with Crippen LogP contribution in [0, 0.1) is 0 Å². The third-order valence-electron chi connectivity index (χ3n) is 4.28. The summed E-state index contributed by atoms with van der Waals surface area (Å²) < 4.78 is 0. The van der Waals surface area contributed by atoms with E-state index in [2.05, 4.69) is 22.1 Å². The monoisotopic (exact) mass is 275 g/mol. The molecule has 3 rings (SSSR count). The normalized spacial score (nSPS) is 26.7.